The summed E-state index contributed by atoms with van der Waals surface area (Å²) in [5, 5.41) is 3.37. The average molecular weight is 361 g/mol. The summed E-state index contributed by atoms with van der Waals surface area (Å²) in [6, 6.07) is 10.4. The van der Waals surface area contributed by atoms with Gasteiger partial charge in [-0.2, -0.15) is 0 Å². The lowest BCUT2D eigenvalue weighted by Crippen LogP contribution is -2.27. The van der Waals surface area contributed by atoms with E-state index < -0.39 is 0 Å². The lowest BCUT2D eigenvalue weighted by Gasteiger charge is -2.11. The van der Waals surface area contributed by atoms with Gasteiger partial charge in [0.25, 0.3) is 0 Å². The molecular weight excluding hydrogens is 348 g/mol. The van der Waals surface area contributed by atoms with Crippen LogP contribution in [0.25, 0.3) is 10.9 Å². The number of benzene rings is 1. The van der Waals surface area contributed by atoms with E-state index in [0.717, 1.165) is 9.99 Å². The highest BCUT2D eigenvalue weighted by Crippen LogP contribution is 2.17. The summed E-state index contributed by atoms with van der Waals surface area (Å²) in [5.41, 5.74) is 0.657. The number of rotatable bonds is 4. The Hall–Kier alpha value is -2.34. The first-order valence-electron chi connectivity index (χ1n) is 6.71. The fourth-order valence-electron chi connectivity index (χ4n) is 2.23. The minimum Gasteiger partial charge on any atom is -0.467 e. The van der Waals surface area contributed by atoms with Gasteiger partial charge in [0.05, 0.1) is 18.3 Å². The standard InChI is InChI=1S/C16H13BrN2O3/c17-11-3-4-13-14(8-11)19(6-5-15(13)20)10-16(21)18-9-12-2-1-7-22-12/h1-8H,9-10H2,(H,18,21). The Balaban J connectivity index is 1.81. The Morgan fingerprint density at radius 2 is 2.14 bits per heavy atom. The Kier molecular flexibility index (Phi) is 4.11. The van der Waals surface area contributed by atoms with Crippen molar-refractivity contribution in [3.8, 4) is 0 Å². The molecule has 0 aliphatic carbocycles. The van der Waals surface area contributed by atoms with Crippen LogP contribution in [0.15, 0.2) is 62.5 Å². The smallest absolute Gasteiger partial charge is 0.240 e. The van der Waals surface area contributed by atoms with Crippen molar-refractivity contribution in [3.63, 3.8) is 0 Å². The van der Waals surface area contributed by atoms with E-state index >= 15 is 0 Å². The second-order valence-electron chi connectivity index (χ2n) is 4.83. The van der Waals surface area contributed by atoms with Crippen molar-refractivity contribution in [2.75, 3.05) is 0 Å². The van der Waals surface area contributed by atoms with Gasteiger partial charge >= 0.3 is 0 Å². The number of nitrogens with one attached hydrogen (secondary N) is 1. The van der Waals surface area contributed by atoms with Gasteiger partial charge in [-0.1, -0.05) is 15.9 Å². The molecule has 1 amide bonds. The SMILES string of the molecule is O=C(Cn1ccc(=O)c2ccc(Br)cc21)NCc1ccco1. The van der Waals surface area contributed by atoms with E-state index in [1.807, 2.05) is 12.1 Å². The van der Waals surface area contributed by atoms with Crippen LogP contribution in [0.5, 0.6) is 0 Å². The first-order valence-corrected chi connectivity index (χ1v) is 7.50. The fourth-order valence-corrected chi connectivity index (χ4v) is 2.57. The average Bonchev–Trinajstić information content (AvgIpc) is 3.01. The normalized spacial score (nSPS) is 10.8. The van der Waals surface area contributed by atoms with E-state index in [4.69, 9.17) is 4.42 Å². The number of aromatic nitrogens is 1. The summed E-state index contributed by atoms with van der Waals surface area (Å²) in [6.45, 7) is 0.474. The molecule has 22 heavy (non-hydrogen) atoms. The Labute approximate surface area is 134 Å². The van der Waals surface area contributed by atoms with Gasteiger partial charge in [0, 0.05) is 22.1 Å². The fraction of sp³-hybridized carbons (Fsp3) is 0.125. The van der Waals surface area contributed by atoms with Crippen molar-refractivity contribution < 1.29 is 9.21 Å². The molecule has 0 atom stereocenters. The van der Waals surface area contributed by atoms with Gasteiger partial charge in [-0.15, -0.1) is 0 Å². The predicted octanol–water partition coefficient (Wildman–Crippen LogP) is 2.67. The van der Waals surface area contributed by atoms with Crippen LogP contribution in [0, 0.1) is 0 Å². The van der Waals surface area contributed by atoms with E-state index in [-0.39, 0.29) is 17.9 Å². The summed E-state index contributed by atoms with van der Waals surface area (Å²) in [7, 11) is 0. The molecule has 0 aliphatic rings. The zero-order valence-electron chi connectivity index (χ0n) is 11.6. The third kappa shape index (κ3) is 3.12. The maximum absolute atomic E-state index is 12.1. The topological polar surface area (TPSA) is 64.2 Å². The second kappa shape index (κ2) is 6.19. The van der Waals surface area contributed by atoms with Crippen molar-refractivity contribution in [1.29, 1.82) is 0 Å². The summed E-state index contributed by atoms with van der Waals surface area (Å²) < 4.78 is 7.77. The summed E-state index contributed by atoms with van der Waals surface area (Å²) >= 11 is 3.39. The minimum atomic E-state index is -0.152. The molecule has 6 heteroatoms. The van der Waals surface area contributed by atoms with Crippen LogP contribution >= 0.6 is 15.9 Å². The molecule has 0 spiro atoms. The molecule has 0 saturated carbocycles. The molecule has 0 bridgehead atoms. The van der Waals surface area contributed by atoms with E-state index in [1.165, 1.54) is 6.07 Å². The molecule has 0 aliphatic heterocycles. The summed E-state index contributed by atoms with van der Waals surface area (Å²) in [5.74, 6) is 0.544. The van der Waals surface area contributed by atoms with Gasteiger partial charge in [0.15, 0.2) is 5.43 Å². The second-order valence-corrected chi connectivity index (χ2v) is 5.74. The minimum absolute atomic E-state index is 0.0604. The number of hydrogen-bond acceptors (Lipinski definition) is 3. The van der Waals surface area contributed by atoms with E-state index in [9.17, 15) is 9.59 Å². The highest BCUT2D eigenvalue weighted by atomic mass is 79.9. The Bertz CT molecular complexity index is 869. The van der Waals surface area contributed by atoms with Gasteiger partial charge in [-0.25, -0.2) is 0 Å². The number of halogens is 1. The largest absolute Gasteiger partial charge is 0.467 e. The lowest BCUT2D eigenvalue weighted by molar-refractivity contribution is -0.121. The lowest BCUT2D eigenvalue weighted by atomic mass is 10.2. The van der Waals surface area contributed by atoms with Crippen molar-refractivity contribution in [3.05, 3.63) is 69.3 Å². The van der Waals surface area contributed by atoms with Gasteiger partial charge in [0.2, 0.25) is 5.91 Å². The molecule has 112 valence electrons. The number of fused-ring (bicyclic) bond motifs is 1. The van der Waals surface area contributed by atoms with Crippen molar-refractivity contribution in [2.24, 2.45) is 0 Å². The molecule has 3 aromatic rings. The number of amides is 1. The first kappa shape index (κ1) is 14.6. The summed E-state index contributed by atoms with van der Waals surface area (Å²) in [6.07, 6.45) is 3.19. The number of pyridine rings is 1. The number of furan rings is 1. The molecule has 1 N–H and O–H groups in total. The number of carbonyl (C=O) groups excluding carboxylic acids is 1. The highest BCUT2D eigenvalue weighted by molar-refractivity contribution is 9.10. The molecule has 0 saturated heterocycles. The molecule has 2 heterocycles. The van der Waals surface area contributed by atoms with Crippen LogP contribution < -0.4 is 10.7 Å². The summed E-state index contributed by atoms with van der Waals surface area (Å²) in [4.78, 5) is 23.9. The molecule has 2 aromatic heterocycles. The molecule has 0 radical (unpaired) electrons. The quantitative estimate of drug-likeness (QED) is 0.777. The van der Waals surface area contributed by atoms with Gasteiger partial charge < -0.3 is 14.3 Å². The van der Waals surface area contributed by atoms with E-state index in [1.54, 1.807) is 35.2 Å². The zero-order valence-corrected chi connectivity index (χ0v) is 13.2. The third-order valence-electron chi connectivity index (χ3n) is 3.29. The van der Waals surface area contributed by atoms with Crippen LogP contribution in [0.2, 0.25) is 0 Å². The van der Waals surface area contributed by atoms with Gasteiger partial charge in [0.1, 0.15) is 12.3 Å². The predicted molar refractivity (Wildman–Crippen MR) is 86.5 cm³/mol. The first-order chi connectivity index (χ1) is 10.6. The molecule has 0 fully saturated rings. The van der Waals surface area contributed by atoms with E-state index in [0.29, 0.717) is 17.7 Å². The molecule has 5 nitrogen and oxygen atoms in total. The van der Waals surface area contributed by atoms with Crippen LogP contribution in [0.3, 0.4) is 0 Å². The van der Waals surface area contributed by atoms with Gasteiger partial charge in [-0.05, 0) is 30.3 Å². The van der Waals surface area contributed by atoms with Crippen LogP contribution in [0.4, 0.5) is 0 Å². The van der Waals surface area contributed by atoms with E-state index in [2.05, 4.69) is 21.2 Å². The molecular formula is C16H13BrN2O3. The molecule has 0 unspecified atom stereocenters. The number of nitrogens with zero attached hydrogens (tertiary/aromatic N) is 1. The number of hydrogen-bond donors (Lipinski definition) is 1. The number of carbonyl (C=O) groups is 1. The Morgan fingerprint density at radius 1 is 1.27 bits per heavy atom. The maximum atomic E-state index is 12.1. The van der Waals surface area contributed by atoms with Crippen molar-refractivity contribution >= 4 is 32.7 Å². The van der Waals surface area contributed by atoms with Crippen LogP contribution in [0.1, 0.15) is 5.76 Å². The van der Waals surface area contributed by atoms with Gasteiger partial charge in [-0.3, -0.25) is 9.59 Å². The monoisotopic (exact) mass is 360 g/mol. The zero-order chi connectivity index (χ0) is 15.5. The molecule has 3 rings (SSSR count). The van der Waals surface area contributed by atoms with Crippen molar-refractivity contribution in [1.82, 2.24) is 9.88 Å². The third-order valence-corrected chi connectivity index (χ3v) is 3.79. The highest BCUT2D eigenvalue weighted by Gasteiger charge is 2.08. The maximum Gasteiger partial charge on any atom is 0.240 e. The Morgan fingerprint density at radius 3 is 2.91 bits per heavy atom. The molecule has 1 aromatic carbocycles. The van der Waals surface area contributed by atoms with Crippen molar-refractivity contribution in [2.45, 2.75) is 13.1 Å². The van der Waals surface area contributed by atoms with Crippen LogP contribution in [-0.2, 0) is 17.9 Å². The van der Waals surface area contributed by atoms with Crippen LogP contribution in [-0.4, -0.2) is 10.5 Å².